The highest BCUT2D eigenvalue weighted by Gasteiger charge is 2.11. The Bertz CT molecular complexity index is 834. The van der Waals surface area contributed by atoms with Crippen molar-refractivity contribution in [2.24, 2.45) is 0 Å². The van der Waals surface area contributed by atoms with Crippen molar-refractivity contribution in [1.29, 1.82) is 0 Å². The molecule has 0 aliphatic heterocycles. The van der Waals surface area contributed by atoms with Crippen molar-refractivity contribution in [3.63, 3.8) is 0 Å². The second-order valence-electron chi connectivity index (χ2n) is 5.67. The highest BCUT2D eigenvalue weighted by molar-refractivity contribution is 5.96. The fraction of sp³-hybridized carbons (Fsp3) is 0.200. The predicted molar refractivity (Wildman–Crippen MR) is 99.4 cm³/mol. The smallest absolute Gasteiger partial charge is 0.337 e. The number of ether oxygens (including phenoxy) is 2. The van der Waals surface area contributed by atoms with Crippen molar-refractivity contribution in [2.75, 3.05) is 20.3 Å². The lowest BCUT2D eigenvalue weighted by molar-refractivity contribution is -0.147. The van der Waals surface area contributed by atoms with Gasteiger partial charge in [-0.15, -0.1) is 0 Å². The SMILES string of the molecule is COC(=O)c1ccc(CNC(=O)COC(=O)CNC(=O)c2ccccc2)cc1. The molecule has 0 radical (unpaired) electrons. The van der Waals surface area contributed by atoms with E-state index >= 15 is 0 Å². The van der Waals surface area contributed by atoms with Gasteiger partial charge in [0.15, 0.2) is 6.61 Å². The van der Waals surface area contributed by atoms with Crippen molar-refractivity contribution in [2.45, 2.75) is 6.54 Å². The molecule has 2 rings (SSSR count). The van der Waals surface area contributed by atoms with Crippen molar-refractivity contribution in [3.05, 3.63) is 71.3 Å². The van der Waals surface area contributed by atoms with E-state index in [4.69, 9.17) is 4.74 Å². The number of methoxy groups -OCH3 is 1. The normalized spacial score (nSPS) is 9.89. The average molecular weight is 384 g/mol. The van der Waals surface area contributed by atoms with Crippen LogP contribution in [0.3, 0.4) is 0 Å². The minimum absolute atomic E-state index is 0.211. The molecule has 0 aliphatic carbocycles. The van der Waals surface area contributed by atoms with E-state index in [1.54, 1.807) is 54.6 Å². The topological polar surface area (TPSA) is 111 Å². The summed E-state index contributed by atoms with van der Waals surface area (Å²) in [5.41, 5.74) is 1.60. The van der Waals surface area contributed by atoms with Crippen LogP contribution in [0.2, 0.25) is 0 Å². The largest absolute Gasteiger partial charge is 0.465 e. The van der Waals surface area contributed by atoms with Crippen LogP contribution in [0.4, 0.5) is 0 Å². The van der Waals surface area contributed by atoms with Gasteiger partial charge in [0.1, 0.15) is 6.54 Å². The van der Waals surface area contributed by atoms with Gasteiger partial charge in [-0.1, -0.05) is 30.3 Å². The monoisotopic (exact) mass is 384 g/mol. The van der Waals surface area contributed by atoms with Crippen LogP contribution in [0.1, 0.15) is 26.3 Å². The molecule has 0 heterocycles. The molecule has 8 nitrogen and oxygen atoms in total. The Labute approximate surface area is 161 Å². The van der Waals surface area contributed by atoms with Crippen LogP contribution < -0.4 is 10.6 Å². The van der Waals surface area contributed by atoms with Crippen molar-refractivity contribution >= 4 is 23.8 Å². The minimum Gasteiger partial charge on any atom is -0.465 e. The molecule has 0 bridgehead atoms. The number of carbonyl (C=O) groups is 4. The van der Waals surface area contributed by atoms with E-state index in [-0.39, 0.29) is 13.1 Å². The van der Waals surface area contributed by atoms with Crippen LogP contribution in [-0.2, 0) is 25.6 Å². The number of rotatable bonds is 8. The van der Waals surface area contributed by atoms with Gasteiger partial charge >= 0.3 is 11.9 Å². The first kappa shape index (κ1) is 20.6. The lowest BCUT2D eigenvalue weighted by Gasteiger charge is -2.08. The third-order valence-corrected chi connectivity index (χ3v) is 3.66. The van der Waals surface area contributed by atoms with Gasteiger partial charge in [-0.05, 0) is 29.8 Å². The number of benzene rings is 2. The van der Waals surface area contributed by atoms with E-state index < -0.39 is 30.4 Å². The summed E-state index contributed by atoms with van der Waals surface area (Å²) in [4.78, 5) is 46.5. The molecule has 0 fully saturated rings. The maximum absolute atomic E-state index is 11.8. The molecule has 2 N–H and O–H groups in total. The zero-order valence-corrected chi connectivity index (χ0v) is 15.3. The Morgan fingerprint density at radius 3 is 2.18 bits per heavy atom. The van der Waals surface area contributed by atoms with Gasteiger partial charge in [-0.2, -0.15) is 0 Å². The molecule has 0 spiro atoms. The first-order chi connectivity index (χ1) is 13.5. The minimum atomic E-state index is -0.720. The summed E-state index contributed by atoms with van der Waals surface area (Å²) in [6, 6.07) is 15.0. The maximum atomic E-state index is 11.8. The van der Waals surface area contributed by atoms with Gasteiger partial charge < -0.3 is 20.1 Å². The highest BCUT2D eigenvalue weighted by Crippen LogP contribution is 2.05. The fourth-order valence-electron chi connectivity index (χ4n) is 2.17. The predicted octanol–water partition coefficient (Wildman–Crippen LogP) is 1.06. The Morgan fingerprint density at radius 1 is 0.857 bits per heavy atom. The molecule has 2 amide bonds. The second-order valence-corrected chi connectivity index (χ2v) is 5.67. The summed E-state index contributed by atoms with van der Waals surface area (Å²) < 4.78 is 9.42. The molecule has 2 aromatic carbocycles. The maximum Gasteiger partial charge on any atom is 0.337 e. The molecule has 8 heteroatoms. The summed E-state index contributed by atoms with van der Waals surface area (Å²) >= 11 is 0. The lowest BCUT2D eigenvalue weighted by atomic mass is 10.1. The molecule has 0 unspecified atom stereocenters. The van der Waals surface area contributed by atoms with Crippen LogP contribution in [0.5, 0.6) is 0 Å². The summed E-state index contributed by atoms with van der Waals surface area (Å²) in [5, 5.41) is 5.00. The van der Waals surface area contributed by atoms with E-state index in [1.807, 2.05) is 0 Å². The summed E-state index contributed by atoms with van der Waals surface area (Å²) in [6.07, 6.45) is 0. The standard InChI is InChI=1S/C20H20N2O6/c1-27-20(26)16-9-7-14(8-10-16)11-21-17(23)13-28-18(24)12-22-19(25)15-5-3-2-4-6-15/h2-10H,11-13H2,1H3,(H,21,23)(H,22,25). The molecular weight excluding hydrogens is 364 g/mol. The summed E-state index contributed by atoms with van der Waals surface area (Å²) in [5.74, 6) is -2.05. The third-order valence-electron chi connectivity index (χ3n) is 3.66. The number of amides is 2. The van der Waals surface area contributed by atoms with Crippen LogP contribution in [0.25, 0.3) is 0 Å². The van der Waals surface area contributed by atoms with E-state index in [0.717, 1.165) is 5.56 Å². The summed E-state index contributed by atoms with van der Waals surface area (Å²) in [7, 11) is 1.30. The molecule has 0 saturated carbocycles. The first-order valence-corrected chi connectivity index (χ1v) is 8.42. The van der Waals surface area contributed by atoms with Gasteiger partial charge in [0.05, 0.1) is 12.7 Å². The molecule has 28 heavy (non-hydrogen) atoms. The first-order valence-electron chi connectivity index (χ1n) is 8.42. The Morgan fingerprint density at radius 2 is 1.54 bits per heavy atom. The van der Waals surface area contributed by atoms with E-state index in [0.29, 0.717) is 11.1 Å². The van der Waals surface area contributed by atoms with Crippen LogP contribution in [0.15, 0.2) is 54.6 Å². The Balaban J connectivity index is 1.67. The molecule has 2 aromatic rings. The number of carbonyl (C=O) groups excluding carboxylic acids is 4. The molecular formula is C20H20N2O6. The lowest BCUT2D eigenvalue weighted by Crippen LogP contribution is -2.33. The van der Waals surface area contributed by atoms with E-state index in [2.05, 4.69) is 15.4 Å². The van der Waals surface area contributed by atoms with Gasteiger partial charge in [0, 0.05) is 12.1 Å². The molecule has 0 aliphatic rings. The Hall–Kier alpha value is -3.68. The Kier molecular flexibility index (Phi) is 7.71. The van der Waals surface area contributed by atoms with E-state index in [9.17, 15) is 19.2 Å². The molecule has 0 saturated heterocycles. The number of hydrogen-bond acceptors (Lipinski definition) is 6. The van der Waals surface area contributed by atoms with Crippen molar-refractivity contribution in [3.8, 4) is 0 Å². The van der Waals surface area contributed by atoms with Crippen LogP contribution in [-0.4, -0.2) is 44.0 Å². The molecule has 0 atom stereocenters. The van der Waals surface area contributed by atoms with Crippen molar-refractivity contribution in [1.82, 2.24) is 10.6 Å². The van der Waals surface area contributed by atoms with Gasteiger partial charge in [-0.3, -0.25) is 14.4 Å². The molecule has 146 valence electrons. The zero-order valence-electron chi connectivity index (χ0n) is 15.3. The quantitative estimate of drug-likeness (QED) is 0.659. The molecule has 0 aromatic heterocycles. The van der Waals surface area contributed by atoms with Gasteiger partial charge in [0.2, 0.25) is 0 Å². The number of esters is 2. The van der Waals surface area contributed by atoms with Crippen LogP contribution >= 0.6 is 0 Å². The van der Waals surface area contributed by atoms with Gasteiger partial charge in [-0.25, -0.2) is 4.79 Å². The summed E-state index contributed by atoms with van der Waals surface area (Å²) in [6.45, 7) is -0.584. The highest BCUT2D eigenvalue weighted by atomic mass is 16.5. The second kappa shape index (κ2) is 10.5. The number of hydrogen-bond donors (Lipinski definition) is 2. The third kappa shape index (κ3) is 6.56. The van der Waals surface area contributed by atoms with Crippen molar-refractivity contribution < 1.29 is 28.7 Å². The zero-order chi connectivity index (χ0) is 20.4. The fourth-order valence-corrected chi connectivity index (χ4v) is 2.17. The van der Waals surface area contributed by atoms with E-state index in [1.165, 1.54) is 7.11 Å². The van der Waals surface area contributed by atoms with Gasteiger partial charge in [0.25, 0.3) is 11.8 Å². The average Bonchev–Trinajstić information content (AvgIpc) is 2.74. The number of nitrogens with one attached hydrogen (secondary N) is 2. The van der Waals surface area contributed by atoms with Crippen LogP contribution in [0, 0.1) is 0 Å².